The molecule has 0 amide bonds. The molecule has 1 N–H and O–H groups in total. The van der Waals surface area contributed by atoms with E-state index in [1.54, 1.807) is 0 Å². The molecule has 29 heavy (non-hydrogen) atoms. The van der Waals surface area contributed by atoms with Crippen molar-refractivity contribution in [1.82, 2.24) is 0 Å². The van der Waals surface area contributed by atoms with Crippen LogP contribution in [0.5, 0.6) is 5.75 Å². The second-order valence-corrected chi connectivity index (χ2v) is 11.9. The lowest BCUT2D eigenvalue weighted by atomic mass is 9.50. The van der Waals surface area contributed by atoms with Gasteiger partial charge in [-0.2, -0.15) is 0 Å². The molecule has 3 fully saturated rings. The quantitative estimate of drug-likeness (QED) is 0.675. The standard InChI is InChI=1S/C23H30O4S2/c1-2-26-20(24)23-17-10-5-4-9-16(17)22(28-12-7-13-29-22)14-18(23)15-8-3-6-11-19(15)27-21(23)25/h3,6,8,11,16-18,21,25H,2,4-5,7,9-10,12-14H2,1H3. The van der Waals surface area contributed by atoms with Crippen molar-refractivity contribution in [2.24, 2.45) is 17.3 Å². The lowest BCUT2D eigenvalue weighted by Crippen LogP contribution is -2.65. The highest BCUT2D eigenvalue weighted by Crippen LogP contribution is 2.70. The van der Waals surface area contributed by atoms with E-state index in [-0.39, 0.29) is 21.9 Å². The predicted octanol–water partition coefficient (Wildman–Crippen LogP) is 4.81. The maximum absolute atomic E-state index is 13.6. The Kier molecular flexibility index (Phi) is 5.32. The van der Waals surface area contributed by atoms with Gasteiger partial charge < -0.3 is 14.6 Å². The molecule has 4 aliphatic rings. The Morgan fingerprint density at radius 3 is 2.66 bits per heavy atom. The Labute approximate surface area is 181 Å². The maximum atomic E-state index is 13.6. The molecule has 2 saturated carbocycles. The molecule has 2 heterocycles. The summed E-state index contributed by atoms with van der Waals surface area (Å²) < 4.78 is 11.8. The van der Waals surface area contributed by atoms with Gasteiger partial charge in [-0.15, -0.1) is 23.5 Å². The van der Waals surface area contributed by atoms with Gasteiger partial charge in [-0.1, -0.05) is 31.0 Å². The molecule has 1 aromatic carbocycles. The fraction of sp³-hybridized carbons (Fsp3) is 0.696. The predicted molar refractivity (Wildman–Crippen MR) is 117 cm³/mol. The van der Waals surface area contributed by atoms with Crippen LogP contribution in [0.15, 0.2) is 24.3 Å². The minimum Gasteiger partial charge on any atom is -0.465 e. The maximum Gasteiger partial charge on any atom is 0.319 e. The van der Waals surface area contributed by atoms with Crippen LogP contribution < -0.4 is 4.74 Å². The SMILES string of the molecule is CCOC(=O)C12C(O)Oc3ccccc3C1CC1(SCCCS1)C1CCCCC12. The average Bonchev–Trinajstić information content (AvgIpc) is 2.75. The van der Waals surface area contributed by atoms with E-state index in [1.807, 2.05) is 25.1 Å². The first-order valence-electron chi connectivity index (χ1n) is 11.0. The molecule has 5 unspecified atom stereocenters. The number of carbonyl (C=O) groups excluding carboxylic acids is 1. The number of hydrogen-bond acceptors (Lipinski definition) is 6. The van der Waals surface area contributed by atoms with Crippen LogP contribution in [0.4, 0.5) is 0 Å². The van der Waals surface area contributed by atoms with Gasteiger partial charge >= 0.3 is 5.97 Å². The Morgan fingerprint density at radius 2 is 1.90 bits per heavy atom. The van der Waals surface area contributed by atoms with Gasteiger partial charge in [0.1, 0.15) is 11.2 Å². The number of thioether (sulfide) groups is 2. The normalized spacial score (nSPS) is 37.6. The molecule has 0 radical (unpaired) electrons. The Balaban J connectivity index is 1.70. The molecule has 5 atom stereocenters. The van der Waals surface area contributed by atoms with E-state index in [0.29, 0.717) is 12.5 Å². The van der Waals surface area contributed by atoms with Gasteiger partial charge in [-0.05, 0) is 67.6 Å². The van der Waals surface area contributed by atoms with Crippen molar-refractivity contribution in [2.45, 2.75) is 61.7 Å². The summed E-state index contributed by atoms with van der Waals surface area (Å²) in [5.74, 6) is 3.28. The van der Waals surface area contributed by atoms with Crippen LogP contribution in [-0.4, -0.2) is 39.6 Å². The summed E-state index contributed by atoms with van der Waals surface area (Å²) in [5, 5.41) is 11.4. The summed E-state index contributed by atoms with van der Waals surface area (Å²) in [6, 6.07) is 7.98. The molecule has 2 aliphatic heterocycles. The molecular weight excluding hydrogens is 404 g/mol. The molecule has 4 nitrogen and oxygen atoms in total. The van der Waals surface area contributed by atoms with E-state index in [2.05, 4.69) is 29.6 Å². The second-order valence-electron chi connectivity index (χ2n) is 8.78. The Hall–Kier alpha value is -0.850. The number of benzene rings is 1. The van der Waals surface area contributed by atoms with Crippen LogP contribution in [0.1, 0.15) is 56.9 Å². The summed E-state index contributed by atoms with van der Waals surface area (Å²) in [6.45, 7) is 2.18. The fourth-order valence-corrected chi connectivity index (χ4v) is 10.3. The third-order valence-corrected chi connectivity index (χ3v) is 11.2. The Bertz CT molecular complexity index is 778. The first-order chi connectivity index (χ1) is 14.1. The van der Waals surface area contributed by atoms with Crippen LogP contribution in [0.25, 0.3) is 0 Å². The van der Waals surface area contributed by atoms with Crippen LogP contribution in [0.3, 0.4) is 0 Å². The molecule has 1 spiro atoms. The first-order valence-corrected chi connectivity index (χ1v) is 13.0. The molecule has 5 rings (SSSR count). The number of esters is 1. The molecule has 1 aromatic rings. The van der Waals surface area contributed by atoms with Gasteiger partial charge in [0.15, 0.2) is 0 Å². The number of rotatable bonds is 2. The highest BCUT2D eigenvalue weighted by molar-refractivity contribution is 8.18. The van der Waals surface area contributed by atoms with Crippen molar-refractivity contribution >= 4 is 29.5 Å². The number of aliphatic hydroxyl groups excluding tert-OH is 1. The number of hydrogen-bond donors (Lipinski definition) is 1. The summed E-state index contributed by atoms with van der Waals surface area (Å²) in [4.78, 5) is 13.6. The van der Waals surface area contributed by atoms with E-state index in [4.69, 9.17) is 9.47 Å². The zero-order chi connectivity index (χ0) is 20.1. The van der Waals surface area contributed by atoms with Gasteiger partial charge in [0.05, 0.1) is 10.7 Å². The van der Waals surface area contributed by atoms with Gasteiger partial charge in [0.2, 0.25) is 6.29 Å². The van der Waals surface area contributed by atoms with E-state index >= 15 is 0 Å². The van der Waals surface area contributed by atoms with Crippen LogP contribution in [-0.2, 0) is 9.53 Å². The fourth-order valence-electron chi connectivity index (χ4n) is 6.48. The lowest BCUT2D eigenvalue weighted by molar-refractivity contribution is -0.218. The van der Waals surface area contributed by atoms with Crippen molar-refractivity contribution in [3.05, 3.63) is 29.8 Å². The monoisotopic (exact) mass is 434 g/mol. The number of ether oxygens (including phenoxy) is 2. The van der Waals surface area contributed by atoms with Crippen molar-refractivity contribution in [1.29, 1.82) is 0 Å². The number of carbonyl (C=O) groups is 1. The van der Waals surface area contributed by atoms with Gasteiger partial charge in [0.25, 0.3) is 0 Å². The van der Waals surface area contributed by atoms with Crippen LogP contribution in [0, 0.1) is 17.3 Å². The molecule has 0 aromatic heterocycles. The van der Waals surface area contributed by atoms with Gasteiger partial charge in [0, 0.05) is 5.92 Å². The molecule has 2 aliphatic carbocycles. The van der Waals surface area contributed by atoms with Crippen molar-refractivity contribution in [2.75, 3.05) is 18.1 Å². The minimum atomic E-state index is -1.15. The summed E-state index contributed by atoms with van der Waals surface area (Å²) >= 11 is 4.23. The summed E-state index contributed by atoms with van der Waals surface area (Å²) in [7, 11) is 0. The second kappa shape index (κ2) is 7.69. The van der Waals surface area contributed by atoms with Crippen molar-refractivity contribution < 1.29 is 19.4 Å². The highest BCUT2D eigenvalue weighted by Gasteiger charge is 2.70. The van der Waals surface area contributed by atoms with Crippen molar-refractivity contribution in [3.8, 4) is 5.75 Å². The highest BCUT2D eigenvalue weighted by atomic mass is 32.2. The third kappa shape index (κ3) is 2.89. The third-order valence-electron chi connectivity index (χ3n) is 7.56. The van der Waals surface area contributed by atoms with Crippen LogP contribution in [0.2, 0.25) is 0 Å². The largest absolute Gasteiger partial charge is 0.465 e. The molecule has 0 bridgehead atoms. The van der Waals surface area contributed by atoms with E-state index in [0.717, 1.165) is 37.0 Å². The zero-order valence-corrected chi connectivity index (χ0v) is 18.6. The smallest absolute Gasteiger partial charge is 0.319 e. The van der Waals surface area contributed by atoms with Gasteiger partial charge in [-0.25, -0.2) is 0 Å². The first kappa shape index (κ1) is 20.1. The average molecular weight is 435 g/mol. The van der Waals surface area contributed by atoms with E-state index < -0.39 is 11.7 Å². The van der Waals surface area contributed by atoms with Crippen LogP contribution >= 0.6 is 23.5 Å². The topological polar surface area (TPSA) is 55.8 Å². The molecular formula is C23H30O4S2. The zero-order valence-electron chi connectivity index (χ0n) is 17.0. The Morgan fingerprint density at radius 1 is 1.17 bits per heavy atom. The molecule has 158 valence electrons. The number of para-hydroxylation sites is 1. The van der Waals surface area contributed by atoms with E-state index in [9.17, 15) is 9.90 Å². The minimum absolute atomic E-state index is 0.0704. The summed E-state index contributed by atoms with van der Waals surface area (Å²) in [6.07, 6.45) is 5.42. The summed E-state index contributed by atoms with van der Waals surface area (Å²) in [5.41, 5.74) is 0.0697. The van der Waals surface area contributed by atoms with E-state index in [1.165, 1.54) is 24.3 Å². The van der Waals surface area contributed by atoms with Crippen molar-refractivity contribution in [3.63, 3.8) is 0 Å². The molecule has 1 saturated heterocycles. The van der Waals surface area contributed by atoms with Gasteiger partial charge in [-0.3, -0.25) is 4.79 Å². The number of fused-ring (bicyclic) bond motifs is 6. The molecule has 6 heteroatoms. The number of aliphatic hydroxyl groups is 1. The lowest BCUT2D eigenvalue weighted by Gasteiger charge is -2.62.